The lowest BCUT2D eigenvalue weighted by atomic mass is 10.2. The number of hydrogen-bond acceptors (Lipinski definition) is 4. The number of thiophene rings is 1. The highest BCUT2D eigenvalue weighted by molar-refractivity contribution is 7.14. The zero-order valence-electron chi connectivity index (χ0n) is 9.18. The van der Waals surface area contributed by atoms with Gasteiger partial charge in [-0.15, -0.1) is 11.3 Å². The first-order chi connectivity index (χ1) is 7.72. The van der Waals surface area contributed by atoms with Crippen LogP contribution in [0.1, 0.15) is 23.2 Å². The molecule has 0 amide bonds. The smallest absolute Gasteiger partial charge is 0.336 e. The van der Waals surface area contributed by atoms with E-state index >= 15 is 0 Å². The van der Waals surface area contributed by atoms with E-state index in [-0.39, 0.29) is 0 Å². The standard InChI is InChI=1S/C11H15NO3S/c1-15-6-9-3-2-4-12(9)10-5-8(7-16-10)11(13)14/h5,7,9H,2-4,6H2,1H3,(H,13,14)/t9-/m0/s1. The van der Waals surface area contributed by atoms with Crippen LogP contribution in [0.5, 0.6) is 0 Å². The second-order valence-electron chi connectivity index (χ2n) is 3.92. The van der Waals surface area contributed by atoms with Gasteiger partial charge in [-0.05, 0) is 18.9 Å². The zero-order chi connectivity index (χ0) is 11.5. The molecule has 2 heterocycles. The Balaban J connectivity index is 2.13. The summed E-state index contributed by atoms with van der Waals surface area (Å²) < 4.78 is 5.18. The quantitative estimate of drug-likeness (QED) is 0.876. The van der Waals surface area contributed by atoms with Gasteiger partial charge in [-0.3, -0.25) is 0 Å². The molecule has 16 heavy (non-hydrogen) atoms. The van der Waals surface area contributed by atoms with Gasteiger partial charge in [-0.1, -0.05) is 0 Å². The number of carboxylic acid groups (broad SMARTS) is 1. The first-order valence-corrected chi connectivity index (χ1v) is 6.17. The lowest BCUT2D eigenvalue weighted by molar-refractivity contribution is 0.0697. The summed E-state index contributed by atoms with van der Waals surface area (Å²) in [7, 11) is 1.70. The Morgan fingerprint density at radius 2 is 2.56 bits per heavy atom. The predicted octanol–water partition coefficient (Wildman–Crippen LogP) is 2.06. The maximum absolute atomic E-state index is 10.8. The molecule has 0 aliphatic carbocycles. The third-order valence-electron chi connectivity index (χ3n) is 2.85. The molecule has 4 nitrogen and oxygen atoms in total. The van der Waals surface area contributed by atoms with E-state index in [2.05, 4.69) is 4.90 Å². The van der Waals surface area contributed by atoms with Crippen molar-refractivity contribution in [1.29, 1.82) is 0 Å². The number of carboxylic acids is 1. The van der Waals surface area contributed by atoms with Crippen molar-refractivity contribution in [3.63, 3.8) is 0 Å². The van der Waals surface area contributed by atoms with Crippen LogP contribution in [-0.2, 0) is 4.74 Å². The summed E-state index contributed by atoms with van der Waals surface area (Å²) in [6, 6.07) is 2.14. The summed E-state index contributed by atoms with van der Waals surface area (Å²) in [6.07, 6.45) is 2.27. The van der Waals surface area contributed by atoms with E-state index in [0.717, 1.165) is 24.4 Å². The zero-order valence-corrected chi connectivity index (χ0v) is 10.00. The lowest BCUT2D eigenvalue weighted by Gasteiger charge is -2.24. The van der Waals surface area contributed by atoms with E-state index in [0.29, 0.717) is 18.2 Å². The van der Waals surface area contributed by atoms with E-state index in [4.69, 9.17) is 9.84 Å². The SMILES string of the molecule is COC[C@@H]1CCCN1c1cc(C(=O)O)cs1. The van der Waals surface area contributed by atoms with Crippen molar-refractivity contribution < 1.29 is 14.6 Å². The number of rotatable bonds is 4. The van der Waals surface area contributed by atoms with Crippen molar-refractivity contribution in [3.8, 4) is 0 Å². The van der Waals surface area contributed by atoms with E-state index in [9.17, 15) is 4.79 Å². The molecule has 0 spiro atoms. The number of carbonyl (C=O) groups is 1. The van der Waals surface area contributed by atoms with Crippen molar-refractivity contribution in [1.82, 2.24) is 0 Å². The number of aromatic carboxylic acids is 1. The largest absolute Gasteiger partial charge is 0.478 e. The first kappa shape index (κ1) is 11.4. The maximum Gasteiger partial charge on any atom is 0.336 e. The normalized spacial score (nSPS) is 20.3. The number of ether oxygens (including phenoxy) is 1. The molecular weight excluding hydrogens is 226 g/mol. The van der Waals surface area contributed by atoms with Gasteiger partial charge in [-0.2, -0.15) is 0 Å². The fourth-order valence-electron chi connectivity index (χ4n) is 2.08. The van der Waals surface area contributed by atoms with Gasteiger partial charge < -0.3 is 14.7 Å². The number of hydrogen-bond donors (Lipinski definition) is 1. The van der Waals surface area contributed by atoms with E-state index in [1.165, 1.54) is 11.3 Å². The van der Waals surface area contributed by atoms with Gasteiger partial charge in [0.25, 0.3) is 0 Å². The average Bonchev–Trinajstić information content (AvgIpc) is 2.84. The van der Waals surface area contributed by atoms with Gasteiger partial charge in [0, 0.05) is 19.0 Å². The molecule has 88 valence electrons. The molecule has 1 aliphatic heterocycles. The fraction of sp³-hybridized carbons (Fsp3) is 0.545. The van der Waals surface area contributed by atoms with Crippen LogP contribution >= 0.6 is 11.3 Å². The number of methoxy groups -OCH3 is 1. The molecule has 1 aliphatic rings. The molecule has 5 heteroatoms. The van der Waals surface area contributed by atoms with Crippen LogP contribution in [0.4, 0.5) is 5.00 Å². The third kappa shape index (κ3) is 2.20. The lowest BCUT2D eigenvalue weighted by Crippen LogP contribution is -2.32. The summed E-state index contributed by atoms with van der Waals surface area (Å²) in [5.41, 5.74) is 0.378. The van der Waals surface area contributed by atoms with Crippen LogP contribution < -0.4 is 4.90 Å². The van der Waals surface area contributed by atoms with Crippen LogP contribution in [0.2, 0.25) is 0 Å². The predicted molar refractivity (Wildman–Crippen MR) is 63.5 cm³/mol. The summed E-state index contributed by atoms with van der Waals surface area (Å²) in [4.78, 5) is 13.1. The highest BCUT2D eigenvalue weighted by Gasteiger charge is 2.26. The van der Waals surface area contributed by atoms with Crippen molar-refractivity contribution >= 4 is 22.3 Å². The number of anilines is 1. The number of nitrogens with zero attached hydrogens (tertiary/aromatic N) is 1. The molecule has 0 bridgehead atoms. The van der Waals surface area contributed by atoms with Crippen LogP contribution in [0.15, 0.2) is 11.4 Å². The van der Waals surface area contributed by atoms with E-state index < -0.39 is 5.97 Å². The maximum atomic E-state index is 10.8. The Morgan fingerprint density at radius 3 is 3.19 bits per heavy atom. The van der Waals surface area contributed by atoms with Gasteiger partial charge in [0.2, 0.25) is 0 Å². The van der Waals surface area contributed by atoms with Gasteiger partial charge in [0.1, 0.15) is 0 Å². The van der Waals surface area contributed by atoms with Gasteiger partial charge in [0.15, 0.2) is 0 Å². The first-order valence-electron chi connectivity index (χ1n) is 5.30. The van der Waals surface area contributed by atoms with E-state index in [1.54, 1.807) is 18.6 Å². The second kappa shape index (κ2) is 4.84. The van der Waals surface area contributed by atoms with Crippen LogP contribution in [0.25, 0.3) is 0 Å². The van der Waals surface area contributed by atoms with Crippen LogP contribution in [-0.4, -0.2) is 37.4 Å². The van der Waals surface area contributed by atoms with E-state index in [1.807, 2.05) is 0 Å². The average molecular weight is 241 g/mol. The molecule has 0 aromatic carbocycles. The Kier molecular flexibility index (Phi) is 3.46. The second-order valence-corrected chi connectivity index (χ2v) is 4.81. The molecule has 0 radical (unpaired) electrons. The molecule has 1 aromatic heterocycles. The summed E-state index contributed by atoms with van der Waals surface area (Å²) in [5, 5.41) is 11.6. The molecular formula is C11H15NO3S. The molecule has 1 atom stereocenters. The monoisotopic (exact) mass is 241 g/mol. The molecule has 1 aromatic rings. The summed E-state index contributed by atoms with van der Waals surface area (Å²) in [5.74, 6) is -0.856. The minimum Gasteiger partial charge on any atom is -0.478 e. The minimum atomic E-state index is -0.856. The molecule has 1 fully saturated rings. The van der Waals surface area contributed by atoms with Gasteiger partial charge in [-0.25, -0.2) is 4.79 Å². The molecule has 2 rings (SSSR count). The van der Waals surface area contributed by atoms with Gasteiger partial charge in [0.05, 0.1) is 23.2 Å². The van der Waals surface area contributed by atoms with Crippen molar-refractivity contribution in [2.75, 3.05) is 25.2 Å². The Morgan fingerprint density at radius 1 is 1.75 bits per heavy atom. The molecule has 0 unspecified atom stereocenters. The van der Waals surface area contributed by atoms with Crippen molar-refractivity contribution in [3.05, 3.63) is 17.0 Å². The summed E-state index contributed by atoms with van der Waals surface area (Å²) in [6.45, 7) is 1.70. The third-order valence-corrected chi connectivity index (χ3v) is 3.82. The minimum absolute atomic E-state index is 0.378. The Bertz CT molecular complexity index is 377. The van der Waals surface area contributed by atoms with Crippen LogP contribution in [0.3, 0.4) is 0 Å². The van der Waals surface area contributed by atoms with Crippen LogP contribution in [0, 0.1) is 0 Å². The topological polar surface area (TPSA) is 49.8 Å². The van der Waals surface area contributed by atoms with Crippen molar-refractivity contribution in [2.45, 2.75) is 18.9 Å². The highest BCUT2D eigenvalue weighted by Crippen LogP contribution is 2.31. The van der Waals surface area contributed by atoms with Gasteiger partial charge >= 0.3 is 5.97 Å². The molecule has 0 saturated carbocycles. The highest BCUT2D eigenvalue weighted by atomic mass is 32.1. The summed E-state index contributed by atoms with van der Waals surface area (Å²) >= 11 is 1.49. The molecule has 1 N–H and O–H groups in total. The molecule has 1 saturated heterocycles. The van der Waals surface area contributed by atoms with Crippen molar-refractivity contribution in [2.24, 2.45) is 0 Å². The Labute approximate surface area is 98.4 Å². The fourth-order valence-corrected chi connectivity index (χ4v) is 3.07. The Hall–Kier alpha value is -1.07.